The van der Waals surface area contributed by atoms with Crippen molar-refractivity contribution < 1.29 is 13.2 Å². The Labute approximate surface area is 142 Å². The van der Waals surface area contributed by atoms with Crippen LogP contribution in [0.3, 0.4) is 0 Å². The number of anilines is 2. The van der Waals surface area contributed by atoms with Crippen LogP contribution in [0.1, 0.15) is 12.8 Å². The number of benzene rings is 2. The van der Waals surface area contributed by atoms with Crippen molar-refractivity contribution in [1.29, 1.82) is 0 Å². The Morgan fingerprint density at radius 3 is 2.29 bits per heavy atom. The molecule has 5 nitrogen and oxygen atoms in total. The zero-order chi connectivity index (χ0) is 17.4. The first-order valence-corrected chi connectivity index (χ1v) is 9.24. The summed E-state index contributed by atoms with van der Waals surface area (Å²) >= 11 is 0. The van der Waals surface area contributed by atoms with Crippen LogP contribution >= 0.6 is 0 Å². The zero-order valence-corrected chi connectivity index (χ0v) is 14.5. The van der Waals surface area contributed by atoms with Crippen LogP contribution < -0.4 is 10.2 Å². The van der Waals surface area contributed by atoms with E-state index >= 15 is 0 Å². The summed E-state index contributed by atoms with van der Waals surface area (Å²) in [6, 6.07) is 15.5. The number of hydrogen-bond acceptors (Lipinski definition) is 4. The molecular weight excluding hydrogens is 324 g/mol. The van der Waals surface area contributed by atoms with Crippen molar-refractivity contribution in [2.45, 2.75) is 22.5 Å². The lowest BCUT2D eigenvalue weighted by Crippen LogP contribution is -2.37. The fourth-order valence-electron chi connectivity index (χ4n) is 2.66. The van der Waals surface area contributed by atoms with E-state index in [0.717, 1.165) is 5.69 Å². The molecule has 0 saturated heterocycles. The fraction of sp³-hybridized carbons (Fsp3) is 0.278. The van der Waals surface area contributed by atoms with Gasteiger partial charge >= 0.3 is 0 Å². The maximum absolute atomic E-state index is 12.9. The average molecular weight is 344 g/mol. The molecule has 1 saturated carbocycles. The van der Waals surface area contributed by atoms with Crippen molar-refractivity contribution in [3.8, 4) is 0 Å². The van der Waals surface area contributed by atoms with Crippen LogP contribution in [0.25, 0.3) is 0 Å². The standard InChI is InChI=1S/C18H20N2O3S/c1-20(2)15-8-6-7-14(13-15)19-17(21)18(11-12-18)24(22,23)16-9-4-3-5-10-16/h3-10,13H,11-12H2,1-2H3,(H,19,21). The quantitative estimate of drug-likeness (QED) is 0.906. The van der Waals surface area contributed by atoms with Gasteiger partial charge in [-0.3, -0.25) is 4.79 Å². The highest BCUT2D eigenvalue weighted by Gasteiger charge is 2.61. The fourth-order valence-corrected chi connectivity index (χ4v) is 4.56. The second-order valence-electron chi connectivity index (χ2n) is 6.21. The van der Waals surface area contributed by atoms with Gasteiger partial charge in [0.25, 0.3) is 0 Å². The second-order valence-corrected chi connectivity index (χ2v) is 8.47. The van der Waals surface area contributed by atoms with E-state index in [-0.39, 0.29) is 4.90 Å². The summed E-state index contributed by atoms with van der Waals surface area (Å²) in [6.45, 7) is 0. The first kappa shape index (κ1) is 16.5. The van der Waals surface area contributed by atoms with Gasteiger partial charge < -0.3 is 10.2 Å². The Kier molecular flexibility index (Phi) is 4.09. The number of nitrogens with zero attached hydrogens (tertiary/aromatic N) is 1. The molecule has 0 bridgehead atoms. The minimum absolute atomic E-state index is 0.194. The molecule has 6 heteroatoms. The van der Waals surface area contributed by atoms with Crippen LogP contribution in [0.5, 0.6) is 0 Å². The van der Waals surface area contributed by atoms with E-state index in [0.29, 0.717) is 18.5 Å². The molecule has 1 N–H and O–H groups in total. The maximum atomic E-state index is 12.9. The van der Waals surface area contributed by atoms with Crippen LogP contribution in [0.15, 0.2) is 59.5 Å². The molecule has 0 heterocycles. The third-order valence-corrected chi connectivity index (χ3v) is 6.82. The molecule has 126 valence electrons. The molecule has 0 aromatic heterocycles. The van der Waals surface area contributed by atoms with E-state index in [2.05, 4.69) is 5.32 Å². The molecule has 0 spiro atoms. The number of sulfone groups is 1. The molecule has 3 rings (SSSR count). The summed E-state index contributed by atoms with van der Waals surface area (Å²) in [6.07, 6.45) is 0.701. The average Bonchev–Trinajstić information content (AvgIpc) is 3.38. The lowest BCUT2D eigenvalue weighted by Gasteiger charge is -2.18. The smallest absolute Gasteiger partial charge is 0.246 e. The molecule has 1 fully saturated rings. The lowest BCUT2D eigenvalue weighted by atomic mass is 10.2. The Morgan fingerprint density at radius 1 is 1.04 bits per heavy atom. The summed E-state index contributed by atoms with van der Waals surface area (Å²) < 4.78 is 24.4. The number of carbonyl (C=O) groups is 1. The predicted octanol–water partition coefficient (Wildman–Crippen LogP) is 2.70. The van der Waals surface area contributed by atoms with Crippen molar-refractivity contribution in [3.05, 3.63) is 54.6 Å². The number of nitrogens with one attached hydrogen (secondary N) is 1. The van der Waals surface area contributed by atoms with Gasteiger partial charge in [0.15, 0.2) is 14.6 Å². The summed E-state index contributed by atoms with van der Waals surface area (Å²) in [7, 11) is 0.116. The van der Waals surface area contributed by atoms with Crippen LogP contribution in [-0.2, 0) is 14.6 Å². The van der Waals surface area contributed by atoms with E-state index in [1.807, 2.05) is 37.2 Å². The summed E-state index contributed by atoms with van der Waals surface area (Å²) in [4.78, 5) is 14.8. The number of carbonyl (C=O) groups excluding carboxylic acids is 1. The Bertz CT molecular complexity index is 857. The van der Waals surface area contributed by atoms with E-state index in [1.54, 1.807) is 24.3 Å². The van der Waals surface area contributed by atoms with Gasteiger partial charge in [-0.15, -0.1) is 0 Å². The largest absolute Gasteiger partial charge is 0.378 e. The number of rotatable bonds is 5. The molecule has 2 aromatic carbocycles. The monoisotopic (exact) mass is 344 g/mol. The second kappa shape index (κ2) is 5.94. The van der Waals surface area contributed by atoms with E-state index < -0.39 is 20.5 Å². The summed E-state index contributed by atoms with van der Waals surface area (Å²) in [5, 5.41) is 2.77. The van der Waals surface area contributed by atoms with Gasteiger partial charge in [-0.1, -0.05) is 24.3 Å². The molecule has 0 unspecified atom stereocenters. The van der Waals surface area contributed by atoms with Crippen molar-refractivity contribution in [3.63, 3.8) is 0 Å². The van der Waals surface area contributed by atoms with E-state index in [4.69, 9.17) is 0 Å². The highest BCUT2D eigenvalue weighted by molar-refractivity contribution is 7.94. The molecule has 2 aromatic rings. The lowest BCUT2D eigenvalue weighted by molar-refractivity contribution is -0.116. The van der Waals surface area contributed by atoms with Gasteiger partial charge in [0.1, 0.15) is 0 Å². The Balaban J connectivity index is 1.86. The van der Waals surface area contributed by atoms with Gasteiger partial charge in [0.2, 0.25) is 5.91 Å². The van der Waals surface area contributed by atoms with Crippen LogP contribution in [0, 0.1) is 0 Å². The normalized spacial score (nSPS) is 15.6. The molecule has 0 aliphatic heterocycles. The third kappa shape index (κ3) is 2.78. The molecule has 0 radical (unpaired) electrons. The molecule has 24 heavy (non-hydrogen) atoms. The number of hydrogen-bond donors (Lipinski definition) is 1. The third-order valence-electron chi connectivity index (χ3n) is 4.31. The van der Waals surface area contributed by atoms with E-state index in [9.17, 15) is 13.2 Å². The molecule has 1 aliphatic rings. The van der Waals surface area contributed by atoms with Crippen molar-refractivity contribution in [2.24, 2.45) is 0 Å². The Morgan fingerprint density at radius 2 is 1.71 bits per heavy atom. The molecule has 1 aliphatic carbocycles. The van der Waals surface area contributed by atoms with Crippen molar-refractivity contribution >= 4 is 27.1 Å². The summed E-state index contributed by atoms with van der Waals surface area (Å²) in [5.74, 6) is -0.456. The first-order valence-electron chi connectivity index (χ1n) is 7.75. The first-order chi connectivity index (χ1) is 11.4. The van der Waals surface area contributed by atoms with E-state index in [1.165, 1.54) is 12.1 Å². The minimum Gasteiger partial charge on any atom is -0.378 e. The number of amides is 1. The van der Waals surface area contributed by atoms with Gasteiger partial charge in [0, 0.05) is 25.5 Å². The van der Waals surface area contributed by atoms with Gasteiger partial charge in [0.05, 0.1) is 4.90 Å². The highest BCUT2D eigenvalue weighted by atomic mass is 32.2. The zero-order valence-electron chi connectivity index (χ0n) is 13.7. The van der Waals surface area contributed by atoms with Crippen LogP contribution in [0.4, 0.5) is 11.4 Å². The molecule has 1 amide bonds. The predicted molar refractivity (Wildman–Crippen MR) is 95.0 cm³/mol. The van der Waals surface area contributed by atoms with Crippen molar-refractivity contribution in [1.82, 2.24) is 0 Å². The van der Waals surface area contributed by atoms with Crippen LogP contribution in [0.2, 0.25) is 0 Å². The minimum atomic E-state index is -3.70. The maximum Gasteiger partial charge on any atom is 0.246 e. The SMILES string of the molecule is CN(C)c1cccc(NC(=O)C2(S(=O)(=O)c3ccccc3)CC2)c1. The van der Waals surface area contributed by atoms with Crippen molar-refractivity contribution in [2.75, 3.05) is 24.3 Å². The summed E-state index contributed by atoms with van der Waals surface area (Å²) in [5.41, 5.74) is 1.53. The Hall–Kier alpha value is -2.34. The topological polar surface area (TPSA) is 66.5 Å². The highest BCUT2D eigenvalue weighted by Crippen LogP contribution is 2.47. The van der Waals surface area contributed by atoms with Gasteiger partial charge in [-0.2, -0.15) is 0 Å². The molecular formula is C18H20N2O3S. The van der Waals surface area contributed by atoms with Crippen LogP contribution in [-0.4, -0.2) is 33.2 Å². The van der Waals surface area contributed by atoms with Gasteiger partial charge in [-0.25, -0.2) is 8.42 Å². The molecule has 0 atom stereocenters. The van der Waals surface area contributed by atoms with Gasteiger partial charge in [-0.05, 0) is 43.2 Å².